The van der Waals surface area contributed by atoms with E-state index in [2.05, 4.69) is 10.1 Å². The van der Waals surface area contributed by atoms with Crippen LogP contribution in [-0.2, 0) is 11.0 Å². The summed E-state index contributed by atoms with van der Waals surface area (Å²) in [6.45, 7) is 6.44. The Morgan fingerprint density at radius 1 is 1.24 bits per heavy atom. The molecule has 0 spiro atoms. The molecule has 8 heteroatoms. The molecule has 0 aliphatic carbocycles. The van der Waals surface area contributed by atoms with E-state index >= 15 is 0 Å². The predicted molar refractivity (Wildman–Crippen MR) is 86.1 cm³/mol. The number of aromatic nitrogens is 3. The van der Waals surface area contributed by atoms with Gasteiger partial charge >= 0.3 is 6.18 Å². The van der Waals surface area contributed by atoms with E-state index in [1.54, 1.807) is 17.9 Å². The Balaban J connectivity index is 1.89. The lowest BCUT2D eigenvalue weighted by atomic mass is 9.92. The number of piperidine rings is 1. The first-order chi connectivity index (χ1) is 11.7. The van der Waals surface area contributed by atoms with Crippen LogP contribution in [0, 0.1) is 12.8 Å². The van der Waals surface area contributed by atoms with Crippen LogP contribution in [-0.4, -0.2) is 38.5 Å². The van der Waals surface area contributed by atoms with Gasteiger partial charge < -0.3 is 4.90 Å². The molecule has 0 atom stereocenters. The quantitative estimate of drug-likeness (QED) is 0.830. The van der Waals surface area contributed by atoms with Crippen molar-refractivity contribution in [2.75, 3.05) is 13.1 Å². The van der Waals surface area contributed by atoms with E-state index < -0.39 is 11.9 Å². The normalized spacial score (nSPS) is 16.8. The maximum atomic E-state index is 13.4. The van der Waals surface area contributed by atoms with Gasteiger partial charge in [-0.05, 0) is 25.8 Å². The van der Waals surface area contributed by atoms with Crippen LogP contribution in [0.5, 0.6) is 0 Å². The largest absolute Gasteiger partial charge is 0.433 e. The van der Waals surface area contributed by atoms with Crippen molar-refractivity contribution in [2.24, 2.45) is 5.92 Å². The molecule has 5 nitrogen and oxygen atoms in total. The predicted octanol–water partition coefficient (Wildman–Crippen LogP) is 3.42. The number of nitrogens with zero attached hydrogens (tertiary/aromatic N) is 4. The lowest BCUT2D eigenvalue weighted by Gasteiger charge is -2.33. The van der Waals surface area contributed by atoms with Gasteiger partial charge in [-0.3, -0.25) is 4.79 Å². The van der Waals surface area contributed by atoms with Crippen LogP contribution < -0.4 is 0 Å². The average molecular weight is 354 g/mol. The number of fused-ring (bicyclic) bond motifs is 1. The zero-order valence-electron chi connectivity index (χ0n) is 14.5. The Hall–Kier alpha value is -2.12. The first-order valence-corrected chi connectivity index (χ1v) is 8.40. The third kappa shape index (κ3) is 3.48. The third-order valence-electron chi connectivity index (χ3n) is 4.58. The SMILES string of the molecule is Cc1cc2nc(C3CCN(C(=O)C(C)C)CC3)cc(C(F)(F)F)n2n1. The Morgan fingerprint density at radius 2 is 1.88 bits per heavy atom. The van der Waals surface area contributed by atoms with E-state index in [4.69, 9.17) is 0 Å². The average Bonchev–Trinajstić information content (AvgIpc) is 2.92. The zero-order valence-corrected chi connectivity index (χ0v) is 14.5. The molecule has 0 saturated carbocycles. The molecule has 0 bridgehead atoms. The number of amides is 1. The van der Waals surface area contributed by atoms with Crippen LogP contribution in [0.2, 0.25) is 0 Å². The first-order valence-electron chi connectivity index (χ1n) is 8.40. The molecule has 136 valence electrons. The van der Waals surface area contributed by atoms with E-state index in [0.717, 1.165) is 10.6 Å². The second kappa shape index (κ2) is 6.31. The topological polar surface area (TPSA) is 50.5 Å². The van der Waals surface area contributed by atoms with Crippen molar-refractivity contribution in [2.45, 2.75) is 45.7 Å². The van der Waals surface area contributed by atoms with E-state index in [1.165, 1.54) is 0 Å². The summed E-state index contributed by atoms with van der Waals surface area (Å²) in [5.74, 6) is -0.0700. The van der Waals surface area contributed by atoms with Gasteiger partial charge in [-0.2, -0.15) is 18.3 Å². The maximum Gasteiger partial charge on any atom is 0.433 e. The van der Waals surface area contributed by atoms with Crippen molar-refractivity contribution in [3.8, 4) is 0 Å². The Kier molecular flexibility index (Phi) is 4.47. The van der Waals surface area contributed by atoms with Gasteiger partial charge in [0.15, 0.2) is 5.65 Å². The van der Waals surface area contributed by atoms with Gasteiger partial charge in [0.2, 0.25) is 5.91 Å². The van der Waals surface area contributed by atoms with E-state index in [-0.39, 0.29) is 23.4 Å². The number of hydrogen-bond donors (Lipinski definition) is 0. The minimum Gasteiger partial charge on any atom is -0.342 e. The van der Waals surface area contributed by atoms with Gasteiger partial charge in [0.05, 0.1) is 5.69 Å². The first kappa shape index (κ1) is 17.7. The van der Waals surface area contributed by atoms with Crippen LogP contribution in [0.1, 0.15) is 49.7 Å². The number of alkyl halides is 3. The fraction of sp³-hybridized carbons (Fsp3) is 0.588. The highest BCUT2D eigenvalue weighted by molar-refractivity contribution is 5.78. The minimum atomic E-state index is -4.50. The van der Waals surface area contributed by atoms with Gasteiger partial charge in [0, 0.05) is 36.7 Å². The number of carbonyl (C=O) groups is 1. The molecule has 1 aliphatic heterocycles. The van der Waals surface area contributed by atoms with Gasteiger partial charge in [-0.25, -0.2) is 9.50 Å². The van der Waals surface area contributed by atoms with Crippen LogP contribution in [0.15, 0.2) is 12.1 Å². The minimum absolute atomic E-state index is 0.0716. The molecule has 25 heavy (non-hydrogen) atoms. The van der Waals surface area contributed by atoms with E-state index in [1.807, 2.05) is 13.8 Å². The molecule has 0 N–H and O–H groups in total. The van der Waals surface area contributed by atoms with Crippen LogP contribution in [0.3, 0.4) is 0 Å². The summed E-state index contributed by atoms with van der Waals surface area (Å²) in [5.41, 5.74) is 0.327. The number of halogens is 3. The summed E-state index contributed by atoms with van der Waals surface area (Å²) in [6.07, 6.45) is -3.26. The molecule has 3 heterocycles. The Bertz CT molecular complexity index is 789. The van der Waals surface area contributed by atoms with Gasteiger partial charge in [-0.1, -0.05) is 13.8 Å². The number of carbonyl (C=O) groups excluding carboxylic acids is 1. The number of aryl methyl sites for hydroxylation is 1. The molecule has 1 saturated heterocycles. The molecule has 1 aliphatic rings. The standard InChI is InChI=1S/C17H21F3N4O/c1-10(2)16(25)23-6-4-12(5-7-23)13-9-14(17(18,19)20)24-15(21-13)8-11(3)22-24/h8-10,12H,4-7H2,1-3H3. The van der Waals surface area contributed by atoms with Crippen LogP contribution in [0.4, 0.5) is 13.2 Å². The summed E-state index contributed by atoms with van der Waals surface area (Å²) in [5, 5.41) is 3.90. The molecular weight excluding hydrogens is 333 g/mol. The summed E-state index contributed by atoms with van der Waals surface area (Å²) >= 11 is 0. The van der Waals surface area contributed by atoms with Crippen molar-refractivity contribution in [3.05, 3.63) is 29.2 Å². The summed E-state index contributed by atoms with van der Waals surface area (Å²) in [7, 11) is 0. The summed E-state index contributed by atoms with van der Waals surface area (Å²) in [6, 6.07) is 2.65. The highest BCUT2D eigenvalue weighted by Crippen LogP contribution is 2.34. The molecule has 1 amide bonds. The molecule has 2 aromatic heterocycles. The summed E-state index contributed by atoms with van der Waals surface area (Å²) < 4.78 is 41.0. The smallest absolute Gasteiger partial charge is 0.342 e. The molecule has 3 rings (SSSR count). The monoisotopic (exact) mass is 354 g/mol. The fourth-order valence-electron chi connectivity index (χ4n) is 3.28. The maximum absolute atomic E-state index is 13.4. The van der Waals surface area contributed by atoms with Crippen LogP contribution in [0.25, 0.3) is 5.65 Å². The highest BCUT2D eigenvalue weighted by Gasteiger charge is 2.36. The van der Waals surface area contributed by atoms with Gasteiger partial charge in [0.1, 0.15) is 5.69 Å². The number of likely N-dealkylation sites (tertiary alicyclic amines) is 1. The third-order valence-corrected chi connectivity index (χ3v) is 4.58. The number of rotatable bonds is 2. The van der Waals surface area contributed by atoms with Gasteiger partial charge in [-0.15, -0.1) is 0 Å². The second-order valence-corrected chi connectivity index (χ2v) is 6.87. The van der Waals surface area contributed by atoms with Crippen molar-refractivity contribution >= 4 is 11.6 Å². The zero-order chi connectivity index (χ0) is 18.4. The van der Waals surface area contributed by atoms with Crippen molar-refractivity contribution in [1.29, 1.82) is 0 Å². The molecule has 0 aromatic carbocycles. The molecular formula is C17H21F3N4O. The molecule has 0 unspecified atom stereocenters. The molecule has 0 radical (unpaired) electrons. The van der Waals surface area contributed by atoms with Crippen molar-refractivity contribution in [3.63, 3.8) is 0 Å². The van der Waals surface area contributed by atoms with Crippen molar-refractivity contribution in [1.82, 2.24) is 19.5 Å². The van der Waals surface area contributed by atoms with Crippen LogP contribution >= 0.6 is 0 Å². The Labute approximate surface area is 143 Å². The summed E-state index contributed by atoms with van der Waals surface area (Å²) in [4.78, 5) is 18.2. The lowest BCUT2D eigenvalue weighted by molar-refractivity contribution is -0.142. The lowest BCUT2D eigenvalue weighted by Crippen LogP contribution is -2.40. The molecule has 1 fully saturated rings. The van der Waals surface area contributed by atoms with E-state index in [0.29, 0.717) is 37.3 Å². The highest BCUT2D eigenvalue weighted by atomic mass is 19.4. The van der Waals surface area contributed by atoms with Gasteiger partial charge in [0.25, 0.3) is 0 Å². The number of hydrogen-bond acceptors (Lipinski definition) is 3. The fourth-order valence-corrected chi connectivity index (χ4v) is 3.28. The molecule has 2 aromatic rings. The van der Waals surface area contributed by atoms with E-state index in [9.17, 15) is 18.0 Å². The Morgan fingerprint density at radius 3 is 2.44 bits per heavy atom. The second-order valence-electron chi connectivity index (χ2n) is 6.87. The van der Waals surface area contributed by atoms with Crippen molar-refractivity contribution < 1.29 is 18.0 Å².